The molecule has 0 saturated carbocycles. The maximum Gasteiger partial charge on any atom is 0.389 e. The van der Waals surface area contributed by atoms with Gasteiger partial charge in [-0.25, -0.2) is 0 Å². The van der Waals surface area contributed by atoms with Crippen LogP contribution < -0.4 is 11.3 Å². The van der Waals surface area contributed by atoms with E-state index in [4.69, 9.17) is 17.4 Å². The quantitative estimate of drug-likeness (QED) is 0.629. The van der Waals surface area contributed by atoms with Crippen molar-refractivity contribution < 1.29 is 13.2 Å². The lowest BCUT2D eigenvalue weighted by Gasteiger charge is -2.17. The number of hydrogen-bond donors (Lipinski definition) is 2. The van der Waals surface area contributed by atoms with E-state index in [0.29, 0.717) is 11.4 Å². The monoisotopic (exact) mass is 344 g/mol. The van der Waals surface area contributed by atoms with Gasteiger partial charge in [-0.15, -0.1) is 0 Å². The zero-order valence-corrected chi connectivity index (χ0v) is 11.7. The molecule has 0 aromatic heterocycles. The minimum absolute atomic E-state index is 0.0770. The fourth-order valence-corrected chi connectivity index (χ4v) is 2.29. The Hall–Kier alpha value is -0.300. The van der Waals surface area contributed by atoms with Crippen molar-refractivity contribution in [2.45, 2.75) is 31.5 Å². The predicted octanol–water partition coefficient (Wildman–Crippen LogP) is 3.82. The van der Waals surface area contributed by atoms with E-state index >= 15 is 0 Å². The van der Waals surface area contributed by atoms with Gasteiger partial charge in [0, 0.05) is 22.0 Å². The fraction of sp³-hybridized carbons (Fsp3) is 0.455. The summed E-state index contributed by atoms with van der Waals surface area (Å²) in [5.41, 5.74) is 3.16. The van der Waals surface area contributed by atoms with E-state index in [-0.39, 0.29) is 6.42 Å². The van der Waals surface area contributed by atoms with Crippen molar-refractivity contribution in [2.24, 2.45) is 5.84 Å². The molecule has 0 aliphatic carbocycles. The Morgan fingerprint density at radius 2 is 2.06 bits per heavy atom. The molecule has 18 heavy (non-hydrogen) atoms. The van der Waals surface area contributed by atoms with E-state index in [9.17, 15) is 13.2 Å². The maximum atomic E-state index is 12.1. The number of rotatable bonds is 5. The first-order valence-electron chi connectivity index (χ1n) is 5.28. The largest absolute Gasteiger partial charge is 0.389 e. The van der Waals surface area contributed by atoms with Crippen LogP contribution in [-0.4, -0.2) is 12.2 Å². The summed E-state index contributed by atoms with van der Waals surface area (Å²) >= 11 is 9.26. The Bertz CT molecular complexity index is 398. The van der Waals surface area contributed by atoms with Crippen LogP contribution in [0.1, 0.15) is 18.4 Å². The molecule has 7 heteroatoms. The van der Waals surface area contributed by atoms with Crippen molar-refractivity contribution in [3.63, 3.8) is 0 Å². The molecule has 1 aromatic carbocycles. The van der Waals surface area contributed by atoms with Crippen molar-refractivity contribution in [3.05, 3.63) is 33.3 Å². The molecular formula is C11H13BrClF3N2. The first-order chi connectivity index (χ1) is 8.31. The highest BCUT2D eigenvalue weighted by Crippen LogP contribution is 2.26. The molecule has 1 rings (SSSR count). The average Bonchev–Trinajstić information content (AvgIpc) is 2.25. The third kappa shape index (κ3) is 5.56. The van der Waals surface area contributed by atoms with E-state index in [0.717, 1.165) is 10.0 Å². The Morgan fingerprint density at radius 1 is 1.39 bits per heavy atom. The van der Waals surface area contributed by atoms with Gasteiger partial charge < -0.3 is 0 Å². The number of alkyl halides is 3. The van der Waals surface area contributed by atoms with Crippen LogP contribution in [-0.2, 0) is 6.42 Å². The van der Waals surface area contributed by atoms with Crippen molar-refractivity contribution in [1.82, 2.24) is 5.43 Å². The minimum Gasteiger partial charge on any atom is -0.271 e. The molecule has 0 saturated heterocycles. The zero-order valence-electron chi connectivity index (χ0n) is 9.40. The normalized spacial score (nSPS) is 13.7. The number of benzene rings is 1. The molecule has 102 valence electrons. The number of halogens is 5. The number of hydrogen-bond acceptors (Lipinski definition) is 2. The van der Waals surface area contributed by atoms with Crippen LogP contribution in [0.3, 0.4) is 0 Å². The molecule has 0 fully saturated rings. The van der Waals surface area contributed by atoms with E-state index in [2.05, 4.69) is 21.4 Å². The average molecular weight is 346 g/mol. The highest BCUT2D eigenvalue weighted by atomic mass is 79.9. The van der Waals surface area contributed by atoms with Gasteiger partial charge in [0.2, 0.25) is 0 Å². The second kappa shape index (κ2) is 6.75. The molecule has 1 unspecified atom stereocenters. The van der Waals surface area contributed by atoms with Crippen LogP contribution in [0.25, 0.3) is 0 Å². The summed E-state index contributed by atoms with van der Waals surface area (Å²) in [6, 6.07) is 4.81. The third-order valence-electron chi connectivity index (χ3n) is 2.49. The summed E-state index contributed by atoms with van der Waals surface area (Å²) in [5.74, 6) is 5.26. The fourth-order valence-electron chi connectivity index (χ4n) is 1.53. The molecule has 1 atom stereocenters. The van der Waals surface area contributed by atoms with Crippen LogP contribution in [0.15, 0.2) is 22.7 Å². The van der Waals surface area contributed by atoms with Gasteiger partial charge in [0.15, 0.2) is 0 Å². The Morgan fingerprint density at radius 3 is 2.56 bits per heavy atom. The molecule has 0 aliphatic rings. The summed E-state index contributed by atoms with van der Waals surface area (Å²) in [4.78, 5) is 0. The highest BCUT2D eigenvalue weighted by Gasteiger charge is 2.28. The summed E-state index contributed by atoms with van der Waals surface area (Å²) in [6.45, 7) is 0. The van der Waals surface area contributed by atoms with Gasteiger partial charge in [0.1, 0.15) is 0 Å². The van der Waals surface area contributed by atoms with E-state index in [1.165, 1.54) is 0 Å². The molecule has 3 N–H and O–H groups in total. The van der Waals surface area contributed by atoms with Crippen LogP contribution in [0.4, 0.5) is 13.2 Å². The first-order valence-corrected chi connectivity index (χ1v) is 6.45. The van der Waals surface area contributed by atoms with Gasteiger partial charge in [-0.2, -0.15) is 13.2 Å². The number of nitrogens with one attached hydrogen (secondary N) is 1. The van der Waals surface area contributed by atoms with Gasteiger partial charge in [-0.1, -0.05) is 33.6 Å². The highest BCUT2D eigenvalue weighted by molar-refractivity contribution is 9.10. The number of nitrogens with two attached hydrogens (primary N) is 1. The minimum atomic E-state index is -4.17. The molecule has 0 spiro atoms. The van der Waals surface area contributed by atoms with Crippen molar-refractivity contribution >= 4 is 27.5 Å². The molecule has 2 nitrogen and oxygen atoms in total. The standard InChI is InChI=1S/C11H13BrClF3N2/c12-8-2-1-7(10(13)6-8)5-9(18-17)3-4-11(14,15)16/h1-2,6,9,18H,3-5,17H2. The van der Waals surface area contributed by atoms with Gasteiger partial charge in [0.05, 0.1) is 0 Å². The second-order valence-electron chi connectivity index (χ2n) is 3.96. The molecule has 0 aliphatic heterocycles. The summed E-state index contributed by atoms with van der Waals surface area (Å²) in [5, 5.41) is 0.511. The molecule has 0 bridgehead atoms. The smallest absolute Gasteiger partial charge is 0.271 e. The van der Waals surface area contributed by atoms with E-state index < -0.39 is 18.6 Å². The van der Waals surface area contributed by atoms with Crippen LogP contribution >= 0.6 is 27.5 Å². The van der Waals surface area contributed by atoms with E-state index in [1.54, 1.807) is 18.2 Å². The van der Waals surface area contributed by atoms with Crippen LogP contribution in [0.2, 0.25) is 5.02 Å². The first kappa shape index (κ1) is 15.8. The van der Waals surface area contributed by atoms with Crippen molar-refractivity contribution in [2.75, 3.05) is 0 Å². The third-order valence-corrected chi connectivity index (χ3v) is 3.34. The summed E-state index contributed by atoms with van der Waals surface area (Å²) in [6.07, 6.45) is -4.75. The lowest BCUT2D eigenvalue weighted by atomic mass is 10.0. The topological polar surface area (TPSA) is 38.0 Å². The molecule has 0 heterocycles. The van der Waals surface area contributed by atoms with E-state index in [1.807, 2.05) is 0 Å². The second-order valence-corrected chi connectivity index (χ2v) is 5.28. The van der Waals surface area contributed by atoms with Crippen LogP contribution in [0.5, 0.6) is 0 Å². The molecular weight excluding hydrogens is 332 g/mol. The summed E-state index contributed by atoms with van der Waals surface area (Å²) in [7, 11) is 0. The molecule has 0 amide bonds. The van der Waals surface area contributed by atoms with Gasteiger partial charge in [-0.3, -0.25) is 11.3 Å². The van der Waals surface area contributed by atoms with Crippen LogP contribution in [0, 0.1) is 0 Å². The summed E-state index contributed by atoms with van der Waals surface area (Å²) < 4.78 is 37.2. The van der Waals surface area contributed by atoms with Gasteiger partial charge in [0.25, 0.3) is 0 Å². The number of hydrazine groups is 1. The zero-order chi connectivity index (χ0) is 13.8. The predicted molar refractivity (Wildman–Crippen MR) is 69.3 cm³/mol. The molecule has 1 aromatic rings. The Labute approximate surface area is 117 Å². The Balaban J connectivity index is 2.62. The maximum absolute atomic E-state index is 12.1. The van der Waals surface area contributed by atoms with Crippen molar-refractivity contribution in [1.29, 1.82) is 0 Å². The van der Waals surface area contributed by atoms with Gasteiger partial charge in [-0.05, 0) is 30.5 Å². The molecule has 0 radical (unpaired) electrons. The lowest BCUT2D eigenvalue weighted by molar-refractivity contribution is -0.136. The Kier molecular flexibility index (Phi) is 5.91. The van der Waals surface area contributed by atoms with Crippen molar-refractivity contribution in [3.8, 4) is 0 Å². The SMILES string of the molecule is NNC(CCC(F)(F)F)Cc1ccc(Br)cc1Cl. The van der Waals surface area contributed by atoms with Gasteiger partial charge >= 0.3 is 6.18 Å². The lowest BCUT2D eigenvalue weighted by Crippen LogP contribution is -2.37.